The number of hydrogen-bond acceptors (Lipinski definition) is 6. The highest BCUT2D eigenvalue weighted by Crippen LogP contribution is 2.32. The molecule has 3 heterocycles. The topological polar surface area (TPSA) is 84.9 Å². The summed E-state index contributed by atoms with van der Waals surface area (Å²) in [6.45, 7) is 2.44. The number of fused-ring (bicyclic) bond motifs is 3. The fourth-order valence-electron chi connectivity index (χ4n) is 4.00. The number of carbonyl (C=O) groups excluding carboxylic acids is 1. The number of hydrogen-bond donors (Lipinski definition) is 1. The zero-order valence-corrected chi connectivity index (χ0v) is 16.2. The molecule has 2 bridgehead atoms. The molecule has 0 saturated carbocycles. The Bertz CT molecular complexity index is 810. The van der Waals surface area contributed by atoms with Crippen LogP contribution in [0.15, 0.2) is 23.1 Å². The molecule has 2 saturated heterocycles. The minimum Gasteiger partial charge on any atom is -0.490 e. The minimum absolute atomic E-state index is 0.00810. The van der Waals surface area contributed by atoms with Crippen molar-refractivity contribution in [2.45, 2.75) is 49.1 Å². The third-order valence-electron chi connectivity index (χ3n) is 5.54. The fourth-order valence-corrected chi connectivity index (χ4v) is 5.25. The lowest BCUT2D eigenvalue weighted by Crippen LogP contribution is -2.39. The van der Waals surface area contributed by atoms with E-state index in [0.29, 0.717) is 49.9 Å². The van der Waals surface area contributed by atoms with Gasteiger partial charge in [-0.3, -0.25) is 4.79 Å². The lowest BCUT2D eigenvalue weighted by Gasteiger charge is -2.24. The van der Waals surface area contributed by atoms with Crippen molar-refractivity contribution in [3.8, 4) is 11.5 Å². The zero-order chi connectivity index (χ0) is 18.9. The summed E-state index contributed by atoms with van der Waals surface area (Å²) >= 11 is 0. The second-order valence-corrected chi connectivity index (χ2v) is 9.60. The molecular weight excluding hydrogens is 368 g/mol. The van der Waals surface area contributed by atoms with Crippen LogP contribution in [0.5, 0.6) is 11.5 Å². The van der Waals surface area contributed by atoms with E-state index >= 15 is 0 Å². The molecule has 1 aromatic rings. The van der Waals surface area contributed by atoms with Gasteiger partial charge >= 0.3 is 0 Å². The standard InChI is InChI=1S/C19H26N2O5S/c22-19(21-8-6-14-2-3-15(13-21)20-14)7-11-27(23,24)16-4-5-17-18(12-16)26-10-1-9-25-17/h4-5,12,14-15,20H,1-3,6-11,13H2. The first-order valence-corrected chi connectivity index (χ1v) is 11.3. The Labute approximate surface area is 159 Å². The normalized spacial score (nSPS) is 25.0. The lowest BCUT2D eigenvalue weighted by atomic mass is 10.1. The smallest absolute Gasteiger partial charge is 0.223 e. The minimum atomic E-state index is -3.56. The summed E-state index contributed by atoms with van der Waals surface area (Å²) in [6.07, 6.45) is 3.97. The van der Waals surface area contributed by atoms with Gasteiger partial charge in [0, 0.05) is 44.1 Å². The van der Waals surface area contributed by atoms with Gasteiger partial charge in [0.25, 0.3) is 0 Å². The first kappa shape index (κ1) is 18.6. The highest BCUT2D eigenvalue weighted by atomic mass is 32.2. The third-order valence-corrected chi connectivity index (χ3v) is 7.25. The number of nitrogens with one attached hydrogen (secondary N) is 1. The number of benzene rings is 1. The molecule has 1 aromatic carbocycles. The maximum atomic E-state index is 12.7. The zero-order valence-electron chi connectivity index (χ0n) is 15.4. The van der Waals surface area contributed by atoms with Crippen LogP contribution in [0.1, 0.15) is 32.1 Å². The number of rotatable bonds is 4. The van der Waals surface area contributed by atoms with E-state index in [-0.39, 0.29) is 23.0 Å². The van der Waals surface area contributed by atoms with E-state index in [2.05, 4.69) is 5.32 Å². The van der Waals surface area contributed by atoms with Crippen LogP contribution in [0, 0.1) is 0 Å². The molecule has 7 nitrogen and oxygen atoms in total. The van der Waals surface area contributed by atoms with Gasteiger partial charge < -0.3 is 19.7 Å². The second kappa shape index (κ2) is 7.67. The van der Waals surface area contributed by atoms with Crippen molar-refractivity contribution < 1.29 is 22.7 Å². The van der Waals surface area contributed by atoms with Gasteiger partial charge in [0.1, 0.15) is 0 Å². The Balaban J connectivity index is 1.39. The molecule has 3 aliphatic heterocycles. The molecule has 1 N–H and O–H groups in total. The lowest BCUT2D eigenvalue weighted by molar-refractivity contribution is -0.131. The molecule has 4 rings (SSSR count). The van der Waals surface area contributed by atoms with Crippen LogP contribution in [-0.4, -0.2) is 63.4 Å². The summed E-state index contributed by atoms with van der Waals surface area (Å²) in [4.78, 5) is 14.6. The summed E-state index contributed by atoms with van der Waals surface area (Å²) in [5, 5.41) is 3.53. The van der Waals surface area contributed by atoms with Crippen LogP contribution >= 0.6 is 0 Å². The molecule has 0 radical (unpaired) electrons. The van der Waals surface area contributed by atoms with Crippen LogP contribution in [0.25, 0.3) is 0 Å². The summed E-state index contributed by atoms with van der Waals surface area (Å²) < 4.78 is 36.5. The Morgan fingerprint density at radius 1 is 1.11 bits per heavy atom. The van der Waals surface area contributed by atoms with Gasteiger partial charge in [-0.05, 0) is 31.4 Å². The number of sulfone groups is 1. The van der Waals surface area contributed by atoms with Gasteiger partial charge in [-0.25, -0.2) is 8.42 Å². The van der Waals surface area contributed by atoms with Crippen molar-refractivity contribution in [3.63, 3.8) is 0 Å². The summed E-state index contributed by atoms with van der Waals surface area (Å²) in [6, 6.07) is 5.52. The summed E-state index contributed by atoms with van der Waals surface area (Å²) in [5.41, 5.74) is 0. The van der Waals surface area contributed by atoms with Crippen LogP contribution < -0.4 is 14.8 Å². The molecule has 27 heavy (non-hydrogen) atoms. The van der Waals surface area contributed by atoms with Crippen molar-refractivity contribution in [2.75, 3.05) is 32.1 Å². The van der Waals surface area contributed by atoms with Gasteiger partial charge in [0.15, 0.2) is 21.3 Å². The summed E-state index contributed by atoms with van der Waals surface area (Å²) in [7, 11) is -3.56. The monoisotopic (exact) mass is 394 g/mol. The molecule has 2 fully saturated rings. The van der Waals surface area contributed by atoms with E-state index < -0.39 is 9.84 Å². The Morgan fingerprint density at radius 3 is 2.74 bits per heavy atom. The first-order valence-electron chi connectivity index (χ1n) is 9.67. The second-order valence-electron chi connectivity index (χ2n) is 7.49. The van der Waals surface area contributed by atoms with Crippen molar-refractivity contribution in [2.24, 2.45) is 0 Å². The molecule has 0 aromatic heterocycles. The molecule has 3 aliphatic rings. The molecule has 1 amide bonds. The molecule has 8 heteroatoms. The van der Waals surface area contributed by atoms with Crippen LogP contribution in [0.3, 0.4) is 0 Å². The van der Waals surface area contributed by atoms with Crippen LogP contribution in [0.4, 0.5) is 0 Å². The van der Waals surface area contributed by atoms with Crippen LogP contribution in [-0.2, 0) is 14.6 Å². The van der Waals surface area contributed by atoms with E-state index in [9.17, 15) is 13.2 Å². The summed E-state index contributed by atoms with van der Waals surface area (Å²) in [5.74, 6) is 0.746. The van der Waals surface area contributed by atoms with Gasteiger partial charge in [-0.15, -0.1) is 0 Å². The van der Waals surface area contributed by atoms with Crippen molar-refractivity contribution in [1.29, 1.82) is 0 Å². The first-order chi connectivity index (χ1) is 13.0. The average molecular weight is 394 g/mol. The van der Waals surface area contributed by atoms with Crippen molar-refractivity contribution >= 4 is 15.7 Å². The quantitative estimate of drug-likeness (QED) is 0.830. The predicted molar refractivity (Wildman–Crippen MR) is 99.9 cm³/mol. The van der Waals surface area contributed by atoms with Gasteiger partial charge in [0.2, 0.25) is 5.91 Å². The number of ether oxygens (including phenoxy) is 2. The largest absolute Gasteiger partial charge is 0.490 e. The molecule has 2 atom stereocenters. The number of nitrogens with zero attached hydrogens (tertiary/aromatic N) is 1. The van der Waals surface area contributed by atoms with E-state index in [1.54, 1.807) is 6.07 Å². The highest BCUT2D eigenvalue weighted by molar-refractivity contribution is 7.91. The van der Waals surface area contributed by atoms with Gasteiger partial charge in [-0.2, -0.15) is 0 Å². The van der Waals surface area contributed by atoms with E-state index in [1.807, 2.05) is 4.90 Å². The number of amides is 1. The Morgan fingerprint density at radius 2 is 1.89 bits per heavy atom. The van der Waals surface area contributed by atoms with Crippen molar-refractivity contribution in [1.82, 2.24) is 10.2 Å². The van der Waals surface area contributed by atoms with Crippen molar-refractivity contribution in [3.05, 3.63) is 18.2 Å². The Kier molecular flexibility index (Phi) is 5.27. The van der Waals surface area contributed by atoms with Crippen LogP contribution in [0.2, 0.25) is 0 Å². The molecular formula is C19H26N2O5S. The SMILES string of the molecule is O=C(CCS(=O)(=O)c1ccc2c(c1)OCCCO2)N1CCC2CCC(C1)N2. The van der Waals surface area contributed by atoms with E-state index in [1.165, 1.54) is 18.6 Å². The maximum Gasteiger partial charge on any atom is 0.223 e. The van der Waals surface area contributed by atoms with Gasteiger partial charge in [-0.1, -0.05) is 0 Å². The number of likely N-dealkylation sites (tertiary alicyclic amines) is 1. The molecule has 0 aliphatic carbocycles. The maximum absolute atomic E-state index is 12.7. The van der Waals surface area contributed by atoms with E-state index in [4.69, 9.17) is 9.47 Å². The molecule has 2 unspecified atom stereocenters. The van der Waals surface area contributed by atoms with Gasteiger partial charge in [0.05, 0.1) is 23.9 Å². The number of carbonyl (C=O) groups is 1. The highest BCUT2D eigenvalue weighted by Gasteiger charge is 2.31. The van der Waals surface area contributed by atoms with E-state index in [0.717, 1.165) is 19.3 Å². The molecule has 148 valence electrons. The average Bonchev–Trinajstić information content (AvgIpc) is 2.84. The Hall–Kier alpha value is -1.80. The fraction of sp³-hybridized carbons (Fsp3) is 0.632. The predicted octanol–water partition coefficient (Wildman–Crippen LogP) is 1.36. The molecule has 0 spiro atoms. The third kappa shape index (κ3) is 4.21.